The number of halogens is 3. The molecule has 3 amide bonds. The molecule has 0 aliphatic carbocycles. The number of fused-ring (bicyclic) bond motifs is 2. The standard InChI is InChI=1S/C16H13FN6O3S.C6H4ClF/c1-18-16(26)14-20-13(9-5-19-11(24)6-23(9)14)21-15(25)12-8-4-7(17)2-3-10(8)27-22-12;7-5-1-3-6(8)4-2-5/h2-4H,5-6H2,1H3,(H,18,26)(H,19,24)(H,21,25);1-4H. The summed E-state index contributed by atoms with van der Waals surface area (Å²) in [4.78, 5) is 40.5. The first-order chi connectivity index (χ1) is 16.8. The lowest BCUT2D eigenvalue weighted by molar-refractivity contribution is -0.122. The van der Waals surface area contributed by atoms with E-state index in [1.807, 2.05) is 0 Å². The summed E-state index contributed by atoms with van der Waals surface area (Å²) in [6.07, 6.45) is 0. The molecule has 0 saturated carbocycles. The lowest BCUT2D eigenvalue weighted by atomic mass is 10.2. The number of imidazole rings is 1. The lowest BCUT2D eigenvalue weighted by Crippen LogP contribution is -2.36. The molecular formula is C22H17ClF2N6O3S. The Bertz CT molecular complexity index is 1420. The van der Waals surface area contributed by atoms with Gasteiger partial charge in [-0.15, -0.1) is 0 Å². The number of hydrogen-bond acceptors (Lipinski definition) is 6. The highest BCUT2D eigenvalue weighted by Gasteiger charge is 2.28. The average molecular weight is 519 g/mol. The molecular weight excluding hydrogens is 502 g/mol. The van der Waals surface area contributed by atoms with Crippen molar-refractivity contribution in [3.63, 3.8) is 0 Å². The number of carbonyl (C=O) groups is 3. The highest BCUT2D eigenvalue weighted by Crippen LogP contribution is 2.26. The van der Waals surface area contributed by atoms with Crippen LogP contribution in [0.2, 0.25) is 5.02 Å². The van der Waals surface area contributed by atoms with Crippen molar-refractivity contribution in [3.8, 4) is 0 Å². The molecule has 9 nitrogen and oxygen atoms in total. The molecule has 0 saturated heterocycles. The third-order valence-electron chi connectivity index (χ3n) is 4.94. The Morgan fingerprint density at radius 3 is 2.51 bits per heavy atom. The molecule has 2 aromatic carbocycles. The van der Waals surface area contributed by atoms with Gasteiger partial charge in [-0.25, -0.2) is 13.8 Å². The zero-order chi connectivity index (χ0) is 25.1. The number of nitrogens with zero attached hydrogens (tertiary/aromatic N) is 3. The fraction of sp³-hybridized carbons (Fsp3) is 0.136. The molecule has 0 fully saturated rings. The van der Waals surface area contributed by atoms with Gasteiger partial charge < -0.3 is 20.5 Å². The molecule has 3 heterocycles. The van der Waals surface area contributed by atoms with Gasteiger partial charge >= 0.3 is 0 Å². The minimum Gasteiger partial charge on any atom is -0.352 e. The second kappa shape index (κ2) is 10.2. The van der Waals surface area contributed by atoms with Crippen molar-refractivity contribution < 1.29 is 23.2 Å². The van der Waals surface area contributed by atoms with Gasteiger partial charge in [0.25, 0.3) is 11.8 Å². The molecule has 0 atom stereocenters. The van der Waals surface area contributed by atoms with Crippen LogP contribution >= 0.6 is 23.1 Å². The number of amides is 3. The third-order valence-corrected chi connectivity index (χ3v) is 6.02. The second-order valence-corrected chi connectivity index (χ2v) is 8.48. The van der Waals surface area contributed by atoms with Crippen molar-refractivity contribution in [2.45, 2.75) is 13.1 Å². The summed E-state index contributed by atoms with van der Waals surface area (Å²) in [5.74, 6) is -1.87. The van der Waals surface area contributed by atoms with Crippen LogP contribution in [0.5, 0.6) is 0 Å². The van der Waals surface area contributed by atoms with Crippen LogP contribution in [0.15, 0.2) is 42.5 Å². The van der Waals surface area contributed by atoms with Gasteiger partial charge in [-0.05, 0) is 54.0 Å². The van der Waals surface area contributed by atoms with Crippen molar-refractivity contribution in [3.05, 3.63) is 76.3 Å². The quantitative estimate of drug-likeness (QED) is 0.384. The van der Waals surface area contributed by atoms with Crippen LogP contribution in [0.4, 0.5) is 14.6 Å². The van der Waals surface area contributed by atoms with E-state index in [2.05, 4.69) is 25.3 Å². The van der Waals surface area contributed by atoms with Crippen LogP contribution in [0.3, 0.4) is 0 Å². The Balaban J connectivity index is 0.000000308. The number of benzene rings is 2. The highest BCUT2D eigenvalue weighted by molar-refractivity contribution is 7.13. The summed E-state index contributed by atoms with van der Waals surface area (Å²) in [6.45, 7) is 0.0384. The molecule has 0 bridgehead atoms. The van der Waals surface area contributed by atoms with E-state index < -0.39 is 17.6 Å². The number of rotatable bonds is 3. The number of nitrogens with one attached hydrogen (secondary N) is 3. The molecule has 3 N–H and O–H groups in total. The first-order valence-corrected chi connectivity index (χ1v) is 11.3. The van der Waals surface area contributed by atoms with E-state index in [4.69, 9.17) is 11.6 Å². The first-order valence-electron chi connectivity index (χ1n) is 10.1. The number of aromatic nitrogens is 3. The normalized spacial score (nSPS) is 12.3. The molecule has 35 heavy (non-hydrogen) atoms. The smallest absolute Gasteiger partial charge is 0.287 e. The van der Waals surface area contributed by atoms with Crippen molar-refractivity contribution >= 4 is 56.8 Å². The monoisotopic (exact) mass is 518 g/mol. The summed E-state index contributed by atoms with van der Waals surface area (Å²) < 4.78 is 31.8. The molecule has 0 radical (unpaired) electrons. The Labute approximate surface area is 206 Å². The van der Waals surface area contributed by atoms with Gasteiger partial charge in [0.2, 0.25) is 11.7 Å². The average Bonchev–Trinajstić information content (AvgIpc) is 3.42. The maximum absolute atomic E-state index is 13.5. The number of anilines is 1. The van der Waals surface area contributed by atoms with Crippen LogP contribution in [0.25, 0.3) is 10.1 Å². The van der Waals surface area contributed by atoms with Crippen LogP contribution < -0.4 is 16.0 Å². The van der Waals surface area contributed by atoms with E-state index in [-0.39, 0.29) is 42.2 Å². The largest absolute Gasteiger partial charge is 0.352 e. The molecule has 4 aromatic rings. The molecule has 13 heteroatoms. The van der Waals surface area contributed by atoms with Gasteiger partial charge in [-0.1, -0.05) is 11.6 Å². The summed E-state index contributed by atoms with van der Waals surface area (Å²) in [5.41, 5.74) is 0.560. The molecule has 180 valence electrons. The van der Waals surface area contributed by atoms with Gasteiger partial charge in [-0.2, -0.15) is 4.37 Å². The summed E-state index contributed by atoms with van der Waals surface area (Å²) in [5, 5.41) is 8.67. The van der Waals surface area contributed by atoms with E-state index in [1.54, 1.807) is 6.07 Å². The highest BCUT2D eigenvalue weighted by atomic mass is 35.5. The van der Waals surface area contributed by atoms with Gasteiger partial charge in [0.05, 0.1) is 16.9 Å². The topological polar surface area (TPSA) is 118 Å². The van der Waals surface area contributed by atoms with E-state index >= 15 is 0 Å². The van der Waals surface area contributed by atoms with Crippen molar-refractivity contribution in [1.82, 2.24) is 24.6 Å². The molecule has 1 aliphatic rings. The zero-order valence-corrected chi connectivity index (χ0v) is 19.6. The van der Waals surface area contributed by atoms with Crippen LogP contribution in [-0.2, 0) is 17.9 Å². The Morgan fingerprint density at radius 1 is 1.11 bits per heavy atom. The Kier molecular flexibility index (Phi) is 7.03. The molecule has 1 aliphatic heterocycles. The molecule has 5 rings (SSSR count). The van der Waals surface area contributed by atoms with E-state index in [0.29, 0.717) is 20.8 Å². The Hall–Kier alpha value is -3.90. The van der Waals surface area contributed by atoms with Crippen molar-refractivity contribution in [2.75, 3.05) is 12.4 Å². The van der Waals surface area contributed by atoms with E-state index in [0.717, 1.165) is 11.5 Å². The summed E-state index contributed by atoms with van der Waals surface area (Å²) in [6, 6.07) is 9.76. The third kappa shape index (κ3) is 5.28. The Morgan fingerprint density at radius 2 is 1.83 bits per heavy atom. The van der Waals surface area contributed by atoms with E-state index in [9.17, 15) is 23.2 Å². The van der Waals surface area contributed by atoms with Gasteiger partial charge in [0.15, 0.2) is 5.82 Å². The van der Waals surface area contributed by atoms with Crippen molar-refractivity contribution in [1.29, 1.82) is 0 Å². The lowest BCUT2D eigenvalue weighted by Gasteiger charge is -2.17. The maximum atomic E-state index is 13.5. The van der Waals surface area contributed by atoms with E-state index in [1.165, 1.54) is 48.0 Å². The van der Waals surface area contributed by atoms with Crippen LogP contribution in [0, 0.1) is 11.6 Å². The molecule has 0 unspecified atom stereocenters. The maximum Gasteiger partial charge on any atom is 0.287 e. The zero-order valence-electron chi connectivity index (χ0n) is 18.1. The minimum absolute atomic E-state index is 0.0202. The number of hydrogen-bond donors (Lipinski definition) is 3. The fourth-order valence-corrected chi connectivity index (χ4v) is 4.15. The fourth-order valence-electron chi connectivity index (χ4n) is 3.27. The van der Waals surface area contributed by atoms with Gasteiger partial charge in [0.1, 0.15) is 23.9 Å². The van der Waals surface area contributed by atoms with Crippen LogP contribution in [-0.4, -0.2) is 38.7 Å². The predicted octanol–water partition coefficient (Wildman–Crippen LogP) is 3.35. The SMILES string of the molecule is CNC(=O)c1nc(NC(=O)c2nsc3ccc(F)cc23)c2n1CC(=O)NC2.Fc1ccc(Cl)cc1. The minimum atomic E-state index is -0.576. The molecule has 0 spiro atoms. The molecule has 2 aromatic heterocycles. The van der Waals surface area contributed by atoms with Crippen LogP contribution in [0.1, 0.15) is 26.8 Å². The van der Waals surface area contributed by atoms with Crippen molar-refractivity contribution in [2.24, 2.45) is 0 Å². The van der Waals surface area contributed by atoms with Gasteiger partial charge in [0, 0.05) is 17.5 Å². The predicted molar refractivity (Wildman–Crippen MR) is 126 cm³/mol. The number of carbonyl (C=O) groups excluding carboxylic acids is 3. The summed E-state index contributed by atoms with van der Waals surface area (Å²) in [7, 11) is 1.45. The summed E-state index contributed by atoms with van der Waals surface area (Å²) >= 11 is 6.53. The first kappa shape index (κ1) is 24.2. The second-order valence-electron chi connectivity index (χ2n) is 7.23. The van der Waals surface area contributed by atoms with Gasteiger partial charge in [-0.3, -0.25) is 14.4 Å².